The molecule has 0 saturated carbocycles. The van der Waals surface area contributed by atoms with Crippen LogP contribution in [0.2, 0.25) is 0 Å². The predicted molar refractivity (Wildman–Crippen MR) is 78.9 cm³/mol. The Labute approximate surface area is 123 Å². The average Bonchev–Trinajstić information content (AvgIpc) is 2.90. The lowest BCUT2D eigenvalue weighted by atomic mass is 10.2. The third-order valence-corrected chi connectivity index (χ3v) is 3.38. The lowest BCUT2D eigenvalue weighted by Crippen LogP contribution is -1.99. The summed E-state index contributed by atoms with van der Waals surface area (Å²) in [5.74, 6) is 0.0828. The molecule has 4 nitrogen and oxygen atoms in total. The molecule has 3 rings (SSSR count). The summed E-state index contributed by atoms with van der Waals surface area (Å²) >= 11 is 3.34. The van der Waals surface area contributed by atoms with Crippen LogP contribution in [0.5, 0.6) is 0 Å². The molecular formula is C14H10BrFN4. The van der Waals surface area contributed by atoms with Gasteiger partial charge in [0.1, 0.15) is 11.6 Å². The minimum absolute atomic E-state index is 0.325. The fourth-order valence-electron chi connectivity index (χ4n) is 1.98. The van der Waals surface area contributed by atoms with Gasteiger partial charge < -0.3 is 5.73 Å². The van der Waals surface area contributed by atoms with E-state index in [4.69, 9.17) is 5.73 Å². The second-order valence-electron chi connectivity index (χ2n) is 4.21. The first-order valence-corrected chi connectivity index (χ1v) is 6.64. The number of hydrogen-bond donors (Lipinski definition) is 1. The van der Waals surface area contributed by atoms with Crippen molar-refractivity contribution in [3.63, 3.8) is 0 Å². The molecule has 3 aromatic rings. The molecule has 0 fully saturated rings. The number of hydrogen-bond acceptors (Lipinski definition) is 3. The monoisotopic (exact) mass is 332 g/mol. The second kappa shape index (κ2) is 5.05. The highest BCUT2D eigenvalue weighted by Gasteiger charge is 2.11. The summed E-state index contributed by atoms with van der Waals surface area (Å²) in [7, 11) is 0. The van der Waals surface area contributed by atoms with Crippen LogP contribution < -0.4 is 5.73 Å². The Kier molecular flexibility index (Phi) is 3.23. The number of halogens is 2. The number of imidazole rings is 1. The maximum atomic E-state index is 14.0. The Balaban J connectivity index is 2.18. The van der Waals surface area contributed by atoms with Crippen molar-refractivity contribution < 1.29 is 4.39 Å². The lowest BCUT2D eigenvalue weighted by molar-refractivity contribution is 0.618. The zero-order chi connectivity index (χ0) is 14.1. The molecule has 1 aromatic carbocycles. The summed E-state index contributed by atoms with van der Waals surface area (Å²) < 4.78 is 16.5. The van der Waals surface area contributed by atoms with Gasteiger partial charge in [0.25, 0.3) is 0 Å². The fraction of sp³-hybridized carbons (Fsp3) is 0. The van der Waals surface area contributed by atoms with E-state index in [1.54, 1.807) is 47.6 Å². The highest BCUT2D eigenvalue weighted by Crippen LogP contribution is 2.26. The van der Waals surface area contributed by atoms with Gasteiger partial charge in [0.2, 0.25) is 0 Å². The molecule has 0 aliphatic rings. The van der Waals surface area contributed by atoms with Crippen molar-refractivity contribution in [1.29, 1.82) is 0 Å². The quantitative estimate of drug-likeness (QED) is 0.782. The number of nitrogen functional groups attached to an aromatic ring is 1. The zero-order valence-electron chi connectivity index (χ0n) is 10.3. The Morgan fingerprint density at radius 1 is 1.20 bits per heavy atom. The van der Waals surface area contributed by atoms with Crippen LogP contribution in [0, 0.1) is 5.82 Å². The van der Waals surface area contributed by atoms with Gasteiger partial charge in [0, 0.05) is 16.2 Å². The highest BCUT2D eigenvalue weighted by atomic mass is 79.9. The van der Waals surface area contributed by atoms with Crippen molar-refractivity contribution in [3.05, 3.63) is 59.3 Å². The summed E-state index contributed by atoms with van der Waals surface area (Å²) in [5.41, 5.74) is 7.68. The van der Waals surface area contributed by atoms with Gasteiger partial charge in [-0.05, 0) is 30.3 Å². The number of nitrogens with zero attached hydrogens (tertiary/aromatic N) is 3. The van der Waals surface area contributed by atoms with Gasteiger partial charge in [-0.3, -0.25) is 4.57 Å². The lowest BCUT2D eigenvalue weighted by Gasteiger charge is -2.10. The first-order chi connectivity index (χ1) is 9.65. The van der Waals surface area contributed by atoms with Gasteiger partial charge in [-0.25, -0.2) is 14.4 Å². The predicted octanol–water partition coefficient (Wildman–Crippen LogP) is 3.42. The van der Waals surface area contributed by atoms with Crippen LogP contribution in [-0.4, -0.2) is 14.5 Å². The van der Waals surface area contributed by atoms with E-state index in [2.05, 4.69) is 25.9 Å². The SMILES string of the molecule is Nc1cc(-c2cncn2-c2cc(Br)ccc2F)ccn1. The molecule has 0 radical (unpaired) electrons. The molecule has 0 saturated heterocycles. The maximum absolute atomic E-state index is 14.0. The standard InChI is InChI=1S/C14H10BrFN4/c15-10-1-2-11(16)12(6-10)20-8-18-7-13(20)9-3-4-19-14(17)5-9/h1-8H,(H2,17,19). The number of anilines is 1. The molecule has 6 heteroatoms. The molecule has 0 amide bonds. The highest BCUT2D eigenvalue weighted by molar-refractivity contribution is 9.10. The molecular weight excluding hydrogens is 323 g/mol. The Bertz CT molecular complexity index is 769. The van der Waals surface area contributed by atoms with Crippen LogP contribution in [0.3, 0.4) is 0 Å². The average molecular weight is 333 g/mol. The van der Waals surface area contributed by atoms with Crippen molar-refractivity contribution >= 4 is 21.7 Å². The molecule has 0 aliphatic heterocycles. The first kappa shape index (κ1) is 12.8. The Morgan fingerprint density at radius 2 is 2.05 bits per heavy atom. The largest absolute Gasteiger partial charge is 0.384 e. The van der Waals surface area contributed by atoms with Crippen LogP contribution in [0.1, 0.15) is 0 Å². The van der Waals surface area contributed by atoms with E-state index in [-0.39, 0.29) is 5.82 Å². The molecule has 20 heavy (non-hydrogen) atoms. The summed E-state index contributed by atoms with van der Waals surface area (Å²) in [6.45, 7) is 0. The van der Waals surface area contributed by atoms with Crippen LogP contribution in [0.25, 0.3) is 16.9 Å². The van der Waals surface area contributed by atoms with E-state index in [1.165, 1.54) is 6.07 Å². The number of pyridine rings is 1. The minimum atomic E-state index is -0.325. The van der Waals surface area contributed by atoms with Gasteiger partial charge in [-0.2, -0.15) is 0 Å². The number of benzene rings is 1. The van der Waals surface area contributed by atoms with E-state index in [0.29, 0.717) is 11.5 Å². The van der Waals surface area contributed by atoms with Crippen molar-refractivity contribution in [1.82, 2.24) is 14.5 Å². The molecule has 0 bridgehead atoms. The van der Waals surface area contributed by atoms with Crippen LogP contribution >= 0.6 is 15.9 Å². The third kappa shape index (κ3) is 2.30. The van der Waals surface area contributed by atoms with Gasteiger partial charge in [0.05, 0.1) is 23.9 Å². The summed E-state index contributed by atoms with van der Waals surface area (Å²) in [5, 5.41) is 0. The van der Waals surface area contributed by atoms with E-state index in [0.717, 1.165) is 15.7 Å². The van der Waals surface area contributed by atoms with Crippen LogP contribution in [-0.2, 0) is 0 Å². The summed E-state index contributed by atoms with van der Waals surface area (Å²) in [4.78, 5) is 8.05. The molecule has 0 aliphatic carbocycles. The van der Waals surface area contributed by atoms with Gasteiger partial charge >= 0.3 is 0 Å². The molecule has 100 valence electrons. The van der Waals surface area contributed by atoms with Gasteiger partial charge in [-0.1, -0.05) is 15.9 Å². The first-order valence-electron chi connectivity index (χ1n) is 5.85. The second-order valence-corrected chi connectivity index (χ2v) is 5.13. The van der Waals surface area contributed by atoms with Crippen molar-refractivity contribution in [2.24, 2.45) is 0 Å². The molecule has 0 atom stereocenters. The maximum Gasteiger partial charge on any atom is 0.147 e. The smallest absolute Gasteiger partial charge is 0.147 e. The Hall–Kier alpha value is -2.21. The molecule has 2 aromatic heterocycles. The normalized spacial score (nSPS) is 10.7. The molecule has 0 unspecified atom stereocenters. The molecule has 2 N–H and O–H groups in total. The summed E-state index contributed by atoms with van der Waals surface area (Å²) in [6, 6.07) is 8.29. The molecule has 0 spiro atoms. The van der Waals surface area contributed by atoms with Gasteiger partial charge in [0.15, 0.2) is 0 Å². The van der Waals surface area contributed by atoms with Crippen molar-refractivity contribution in [2.75, 3.05) is 5.73 Å². The van der Waals surface area contributed by atoms with Crippen LogP contribution in [0.15, 0.2) is 53.5 Å². The fourth-order valence-corrected chi connectivity index (χ4v) is 2.33. The van der Waals surface area contributed by atoms with Crippen molar-refractivity contribution in [2.45, 2.75) is 0 Å². The number of rotatable bonds is 2. The van der Waals surface area contributed by atoms with Crippen molar-refractivity contribution in [3.8, 4) is 16.9 Å². The Morgan fingerprint density at radius 3 is 2.85 bits per heavy atom. The molecule has 2 heterocycles. The third-order valence-electron chi connectivity index (χ3n) is 2.88. The number of aromatic nitrogens is 3. The van der Waals surface area contributed by atoms with E-state index in [1.807, 2.05) is 0 Å². The van der Waals surface area contributed by atoms with E-state index >= 15 is 0 Å². The van der Waals surface area contributed by atoms with Gasteiger partial charge in [-0.15, -0.1) is 0 Å². The number of nitrogens with two attached hydrogens (primary N) is 1. The van der Waals surface area contributed by atoms with E-state index < -0.39 is 0 Å². The topological polar surface area (TPSA) is 56.7 Å². The van der Waals surface area contributed by atoms with Crippen LogP contribution in [0.4, 0.5) is 10.2 Å². The minimum Gasteiger partial charge on any atom is -0.384 e. The summed E-state index contributed by atoms with van der Waals surface area (Å²) in [6.07, 6.45) is 4.84. The van der Waals surface area contributed by atoms with E-state index in [9.17, 15) is 4.39 Å². The zero-order valence-corrected chi connectivity index (χ0v) is 11.9.